The number of thiophene rings is 1. The average molecular weight is 329 g/mol. The van der Waals surface area contributed by atoms with Gasteiger partial charge in [-0.25, -0.2) is 0 Å². The molecule has 0 fully saturated rings. The standard InChI is InChI=1S/C15H17ClO4S/c1-18-12-6-5-10(14(19-2)15(12)20-3)11(17)8-9-4-7-13(16)21-9/h4-7,11,17H,8H2,1-3H3. The van der Waals surface area contributed by atoms with Crippen LogP contribution in [0.3, 0.4) is 0 Å². The van der Waals surface area contributed by atoms with Crippen molar-refractivity contribution in [3.05, 3.63) is 39.0 Å². The number of aliphatic hydroxyl groups is 1. The van der Waals surface area contributed by atoms with Crippen molar-refractivity contribution >= 4 is 22.9 Å². The third-order valence-electron chi connectivity index (χ3n) is 3.12. The van der Waals surface area contributed by atoms with Gasteiger partial charge in [0.1, 0.15) is 0 Å². The number of methoxy groups -OCH3 is 3. The van der Waals surface area contributed by atoms with Crippen molar-refractivity contribution in [3.8, 4) is 17.2 Å². The molecule has 0 amide bonds. The van der Waals surface area contributed by atoms with E-state index in [1.54, 1.807) is 19.2 Å². The Bertz CT molecular complexity index is 612. The van der Waals surface area contributed by atoms with E-state index in [-0.39, 0.29) is 0 Å². The smallest absolute Gasteiger partial charge is 0.203 e. The fraction of sp³-hybridized carbons (Fsp3) is 0.333. The van der Waals surface area contributed by atoms with Crippen molar-refractivity contribution in [3.63, 3.8) is 0 Å². The molecule has 2 rings (SSSR count). The Morgan fingerprint density at radius 1 is 1.05 bits per heavy atom. The largest absolute Gasteiger partial charge is 0.493 e. The summed E-state index contributed by atoms with van der Waals surface area (Å²) in [6, 6.07) is 7.25. The number of hydrogen-bond acceptors (Lipinski definition) is 5. The van der Waals surface area contributed by atoms with Crippen molar-refractivity contribution in [1.29, 1.82) is 0 Å². The van der Waals surface area contributed by atoms with Gasteiger partial charge in [-0.2, -0.15) is 0 Å². The SMILES string of the molecule is COc1ccc(C(O)Cc2ccc(Cl)s2)c(OC)c1OC. The van der Waals surface area contributed by atoms with Crippen LogP contribution >= 0.6 is 22.9 Å². The van der Waals surface area contributed by atoms with Gasteiger partial charge in [0.25, 0.3) is 0 Å². The molecule has 0 radical (unpaired) electrons. The van der Waals surface area contributed by atoms with Crippen LogP contribution in [-0.4, -0.2) is 26.4 Å². The van der Waals surface area contributed by atoms with E-state index in [2.05, 4.69) is 0 Å². The van der Waals surface area contributed by atoms with E-state index in [4.69, 9.17) is 25.8 Å². The van der Waals surface area contributed by atoms with Crippen LogP contribution in [0.4, 0.5) is 0 Å². The van der Waals surface area contributed by atoms with Gasteiger partial charge in [-0.3, -0.25) is 0 Å². The first-order valence-electron chi connectivity index (χ1n) is 6.31. The molecule has 0 aliphatic heterocycles. The molecule has 1 N–H and O–H groups in total. The highest BCUT2D eigenvalue weighted by Crippen LogP contribution is 2.42. The summed E-state index contributed by atoms with van der Waals surface area (Å²) in [5.74, 6) is 1.51. The summed E-state index contributed by atoms with van der Waals surface area (Å²) in [6.45, 7) is 0. The van der Waals surface area contributed by atoms with Crippen molar-refractivity contribution < 1.29 is 19.3 Å². The molecule has 114 valence electrons. The van der Waals surface area contributed by atoms with E-state index in [0.29, 0.717) is 33.6 Å². The number of benzene rings is 1. The van der Waals surface area contributed by atoms with E-state index >= 15 is 0 Å². The normalized spacial score (nSPS) is 12.0. The fourth-order valence-corrected chi connectivity index (χ4v) is 3.27. The van der Waals surface area contributed by atoms with Crippen molar-refractivity contribution in [2.24, 2.45) is 0 Å². The highest BCUT2D eigenvalue weighted by atomic mass is 35.5. The minimum absolute atomic E-state index is 0.462. The van der Waals surface area contributed by atoms with E-state index in [9.17, 15) is 5.11 Å². The fourth-order valence-electron chi connectivity index (χ4n) is 2.15. The summed E-state index contributed by atoms with van der Waals surface area (Å²) in [7, 11) is 4.63. The lowest BCUT2D eigenvalue weighted by molar-refractivity contribution is 0.173. The average Bonchev–Trinajstić information content (AvgIpc) is 2.90. The van der Waals surface area contributed by atoms with E-state index < -0.39 is 6.10 Å². The molecule has 1 heterocycles. The Labute approximate surface area is 132 Å². The van der Waals surface area contributed by atoms with Gasteiger partial charge in [0.15, 0.2) is 11.5 Å². The van der Waals surface area contributed by atoms with Crippen molar-refractivity contribution in [1.82, 2.24) is 0 Å². The lowest BCUT2D eigenvalue weighted by Crippen LogP contribution is -2.05. The molecular weight excluding hydrogens is 312 g/mol. The highest BCUT2D eigenvalue weighted by molar-refractivity contribution is 7.16. The Hall–Kier alpha value is -1.43. The molecule has 6 heteroatoms. The van der Waals surface area contributed by atoms with Gasteiger partial charge in [0.05, 0.1) is 31.8 Å². The first-order valence-corrected chi connectivity index (χ1v) is 7.51. The third kappa shape index (κ3) is 3.43. The van der Waals surface area contributed by atoms with Gasteiger partial charge in [0.2, 0.25) is 5.75 Å². The van der Waals surface area contributed by atoms with E-state index in [1.165, 1.54) is 25.6 Å². The molecule has 21 heavy (non-hydrogen) atoms. The number of halogens is 1. The molecule has 0 saturated carbocycles. The Kier molecular flexibility index (Phi) is 5.33. The van der Waals surface area contributed by atoms with E-state index in [0.717, 1.165) is 4.88 Å². The minimum atomic E-state index is -0.713. The second kappa shape index (κ2) is 7.02. The van der Waals surface area contributed by atoms with E-state index in [1.807, 2.05) is 12.1 Å². The van der Waals surface area contributed by atoms with Gasteiger partial charge in [0, 0.05) is 16.9 Å². The molecular formula is C15H17ClO4S. The summed E-state index contributed by atoms with van der Waals surface area (Å²) in [4.78, 5) is 1.00. The van der Waals surface area contributed by atoms with Crippen LogP contribution in [-0.2, 0) is 6.42 Å². The van der Waals surface area contributed by atoms with Crippen molar-refractivity contribution in [2.45, 2.75) is 12.5 Å². The first kappa shape index (κ1) is 15.9. The summed E-state index contributed by atoms with van der Waals surface area (Å²) >= 11 is 7.36. The van der Waals surface area contributed by atoms with Gasteiger partial charge in [-0.15, -0.1) is 11.3 Å². The number of ether oxygens (including phenoxy) is 3. The Morgan fingerprint density at radius 3 is 2.29 bits per heavy atom. The zero-order valence-electron chi connectivity index (χ0n) is 12.1. The number of aliphatic hydroxyl groups excluding tert-OH is 1. The highest BCUT2D eigenvalue weighted by Gasteiger charge is 2.21. The molecule has 1 unspecified atom stereocenters. The number of rotatable bonds is 6. The molecule has 1 aromatic carbocycles. The Balaban J connectivity index is 2.33. The summed E-state index contributed by atoms with van der Waals surface area (Å²) < 4.78 is 16.6. The predicted molar refractivity (Wildman–Crippen MR) is 84.1 cm³/mol. The molecule has 4 nitrogen and oxygen atoms in total. The maximum Gasteiger partial charge on any atom is 0.203 e. The van der Waals surface area contributed by atoms with Crippen LogP contribution in [0.1, 0.15) is 16.5 Å². The number of hydrogen-bond donors (Lipinski definition) is 1. The zero-order chi connectivity index (χ0) is 15.4. The molecule has 0 saturated heterocycles. The second-order valence-corrected chi connectivity index (χ2v) is 6.15. The third-order valence-corrected chi connectivity index (χ3v) is 4.37. The monoisotopic (exact) mass is 328 g/mol. The molecule has 1 atom stereocenters. The van der Waals surface area contributed by atoms with Crippen LogP contribution in [0.25, 0.3) is 0 Å². The summed E-state index contributed by atoms with van der Waals surface area (Å²) in [5, 5.41) is 10.5. The van der Waals surface area contributed by atoms with Gasteiger partial charge in [-0.05, 0) is 24.3 Å². The minimum Gasteiger partial charge on any atom is -0.493 e. The van der Waals surface area contributed by atoms with Gasteiger partial charge >= 0.3 is 0 Å². The van der Waals surface area contributed by atoms with Crippen LogP contribution < -0.4 is 14.2 Å². The summed E-state index contributed by atoms with van der Waals surface area (Å²) in [5.41, 5.74) is 0.652. The topological polar surface area (TPSA) is 47.9 Å². The van der Waals surface area contributed by atoms with Crippen LogP contribution in [0.15, 0.2) is 24.3 Å². The summed E-state index contributed by atoms with van der Waals surface area (Å²) in [6.07, 6.45) is -0.252. The quantitative estimate of drug-likeness (QED) is 0.878. The predicted octanol–water partition coefficient (Wildman–Crippen LogP) is 3.70. The zero-order valence-corrected chi connectivity index (χ0v) is 13.6. The maximum atomic E-state index is 10.5. The Morgan fingerprint density at radius 2 is 1.76 bits per heavy atom. The van der Waals surface area contributed by atoms with Crippen LogP contribution in [0.2, 0.25) is 4.34 Å². The van der Waals surface area contributed by atoms with Gasteiger partial charge in [-0.1, -0.05) is 11.6 Å². The first-order chi connectivity index (χ1) is 10.1. The van der Waals surface area contributed by atoms with Crippen molar-refractivity contribution in [2.75, 3.05) is 21.3 Å². The lowest BCUT2D eigenvalue weighted by atomic mass is 10.0. The molecule has 0 aliphatic carbocycles. The lowest BCUT2D eigenvalue weighted by Gasteiger charge is -2.18. The van der Waals surface area contributed by atoms with Crippen LogP contribution in [0.5, 0.6) is 17.2 Å². The van der Waals surface area contributed by atoms with Gasteiger partial charge < -0.3 is 19.3 Å². The molecule has 0 bridgehead atoms. The molecule has 1 aromatic heterocycles. The second-order valence-electron chi connectivity index (χ2n) is 4.35. The molecule has 0 spiro atoms. The van der Waals surface area contributed by atoms with Crippen LogP contribution in [0, 0.1) is 0 Å². The maximum absolute atomic E-state index is 10.5. The molecule has 0 aliphatic rings. The molecule has 2 aromatic rings.